The summed E-state index contributed by atoms with van der Waals surface area (Å²) >= 11 is 7.31. The fourth-order valence-corrected chi connectivity index (χ4v) is 3.56. The Kier molecular flexibility index (Phi) is 5.16. The minimum atomic E-state index is -0.209. The van der Waals surface area contributed by atoms with E-state index in [1.165, 1.54) is 11.3 Å². The van der Waals surface area contributed by atoms with E-state index in [0.29, 0.717) is 28.8 Å². The van der Waals surface area contributed by atoms with Crippen LogP contribution in [-0.4, -0.2) is 34.8 Å². The van der Waals surface area contributed by atoms with E-state index in [0.717, 1.165) is 17.7 Å². The van der Waals surface area contributed by atoms with E-state index < -0.39 is 0 Å². The number of thiazole rings is 1. The molecule has 1 saturated heterocycles. The van der Waals surface area contributed by atoms with Gasteiger partial charge >= 0.3 is 0 Å². The summed E-state index contributed by atoms with van der Waals surface area (Å²) in [6, 6.07) is 6.83. The van der Waals surface area contributed by atoms with Crippen LogP contribution in [0.25, 0.3) is 0 Å². The minimum absolute atomic E-state index is 0.0609. The van der Waals surface area contributed by atoms with Crippen molar-refractivity contribution in [2.45, 2.75) is 19.8 Å². The summed E-state index contributed by atoms with van der Waals surface area (Å²) in [7, 11) is 0. The highest BCUT2D eigenvalue weighted by molar-refractivity contribution is 7.15. The van der Waals surface area contributed by atoms with Gasteiger partial charge in [0.25, 0.3) is 5.91 Å². The molecule has 24 heavy (non-hydrogen) atoms. The third-order valence-electron chi connectivity index (χ3n) is 4.02. The number of carbonyl (C=O) groups is 2. The lowest BCUT2D eigenvalue weighted by Gasteiger charge is -2.32. The molecular formula is C17H18ClN3O2S. The zero-order valence-electron chi connectivity index (χ0n) is 13.3. The van der Waals surface area contributed by atoms with Crippen molar-refractivity contribution in [1.29, 1.82) is 0 Å². The third kappa shape index (κ3) is 3.94. The number of rotatable bonds is 3. The number of hydrogen-bond acceptors (Lipinski definition) is 4. The maximum atomic E-state index is 12.6. The molecule has 1 aliphatic rings. The van der Waals surface area contributed by atoms with E-state index in [1.54, 1.807) is 35.4 Å². The molecule has 1 aromatic carbocycles. The van der Waals surface area contributed by atoms with E-state index in [2.05, 4.69) is 10.3 Å². The normalized spacial score (nSPS) is 17.6. The number of aryl methyl sites for hydroxylation is 1. The zero-order chi connectivity index (χ0) is 17.1. The summed E-state index contributed by atoms with van der Waals surface area (Å²) in [6.07, 6.45) is 3.33. The van der Waals surface area contributed by atoms with Crippen LogP contribution in [0.2, 0.25) is 5.02 Å². The van der Waals surface area contributed by atoms with Crippen LogP contribution in [-0.2, 0) is 4.79 Å². The first kappa shape index (κ1) is 16.9. The summed E-state index contributed by atoms with van der Waals surface area (Å²) in [5.74, 6) is -0.341. The predicted octanol–water partition coefficient (Wildman–Crippen LogP) is 3.60. The van der Waals surface area contributed by atoms with Crippen molar-refractivity contribution in [2.24, 2.45) is 5.92 Å². The van der Waals surface area contributed by atoms with Crippen LogP contribution in [0.4, 0.5) is 5.13 Å². The Balaban J connectivity index is 1.64. The summed E-state index contributed by atoms with van der Waals surface area (Å²) in [4.78, 5) is 32.0. The van der Waals surface area contributed by atoms with Crippen LogP contribution >= 0.6 is 22.9 Å². The quantitative estimate of drug-likeness (QED) is 0.906. The molecule has 1 atom stereocenters. The highest BCUT2D eigenvalue weighted by Crippen LogP contribution is 2.23. The third-order valence-corrected chi connectivity index (χ3v) is 5.10. The van der Waals surface area contributed by atoms with Crippen LogP contribution in [0.15, 0.2) is 30.5 Å². The minimum Gasteiger partial charge on any atom is -0.338 e. The Morgan fingerprint density at radius 3 is 2.75 bits per heavy atom. The van der Waals surface area contributed by atoms with Crippen LogP contribution in [0.5, 0.6) is 0 Å². The number of hydrogen-bond donors (Lipinski definition) is 1. The maximum absolute atomic E-state index is 12.6. The fraction of sp³-hybridized carbons (Fsp3) is 0.353. The number of carbonyl (C=O) groups excluding carboxylic acids is 2. The molecule has 1 fully saturated rings. The van der Waals surface area contributed by atoms with E-state index in [4.69, 9.17) is 11.6 Å². The van der Waals surface area contributed by atoms with E-state index >= 15 is 0 Å². The SMILES string of the molecule is Cc1cnc(NC(=O)[C@H]2CCCN(C(=O)c3ccc(Cl)cc3)C2)s1. The van der Waals surface area contributed by atoms with Gasteiger partial charge in [0.15, 0.2) is 5.13 Å². The van der Waals surface area contributed by atoms with Gasteiger partial charge in [-0.15, -0.1) is 11.3 Å². The topological polar surface area (TPSA) is 62.3 Å². The maximum Gasteiger partial charge on any atom is 0.253 e. The number of likely N-dealkylation sites (tertiary alicyclic amines) is 1. The first-order chi connectivity index (χ1) is 11.5. The van der Waals surface area contributed by atoms with E-state index in [1.807, 2.05) is 6.92 Å². The van der Waals surface area contributed by atoms with Crippen molar-refractivity contribution in [1.82, 2.24) is 9.88 Å². The van der Waals surface area contributed by atoms with Gasteiger partial charge in [-0.2, -0.15) is 0 Å². The second-order valence-corrected chi connectivity index (χ2v) is 7.53. The van der Waals surface area contributed by atoms with Crippen molar-refractivity contribution in [3.8, 4) is 0 Å². The van der Waals surface area contributed by atoms with Gasteiger partial charge in [-0.3, -0.25) is 9.59 Å². The number of halogens is 1. The van der Waals surface area contributed by atoms with Gasteiger partial charge in [0.05, 0.1) is 5.92 Å². The van der Waals surface area contributed by atoms with Gasteiger partial charge in [-0.05, 0) is 44.0 Å². The lowest BCUT2D eigenvalue weighted by Crippen LogP contribution is -2.43. The Bertz CT molecular complexity index is 745. The summed E-state index contributed by atoms with van der Waals surface area (Å²) < 4.78 is 0. The molecule has 2 aromatic rings. The Labute approximate surface area is 149 Å². The molecule has 5 nitrogen and oxygen atoms in total. The molecule has 0 bridgehead atoms. The molecule has 3 rings (SSSR count). The molecule has 0 unspecified atom stereocenters. The van der Waals surface area contributed by atoms with Crippen molar-refractivity contribution in [3.63, 3.8) is 0 Å². The molecule has 1 N–H and O–H groups in total. The highest BCUT2D eigenvalue weighted by atomic mass is 35.5. The number of amides is 2. The largest absolute Gasteiger partial charge is 0.338 e. The zero-order valence-corrected chi connectivity index (χ0v) is 14.9. The molecule has 1 aliphatic heterocycles. The standard InChI is InChI=1S/C17H18ClN3O2S/c1-11-9-19-17(24-11)20-15(22)13-3-2-8-21(10-13)16(23)12-4-6-14(18)7-5-12/h4-7,9,13H,2-3,8,10H2,1H3,(H,19,20,22)/t13-/m0/s1. The van der Waals surface area contributed by atoms with Gasteiger partial charge in [0.2, 0.25) is 5.91 Å². The smallest absolute Gasteiger partial charge is 0.253 e. The predicted molar refractivity (Wildman–Crippen MR) is 95.6 cm³/mol. The molecule has 0 saturated carbocycles. The molecule has 0 spiro atoms. The molecular weight excluding hydrogens is 346 g/mol. The molecule has 2 amide bonds. The van der Waals surface area contributed by atoms with Gasteiger partial charge in [0.1, 0.15) is 0 Å². The molecule has 0 aliphatic carbocycles. The summed E-state index contributed by atoms with van der Waals surface area (Å²) in [6.45, 7) is 3.04. The first-order valence-corrected chi connectivity index (χ1v) is 9.00. The van der Waals surface area contributed by atoms with Crippen LogP contribution in [0.3, 0.4) is 0 Å². The Morgan fingerprint density at radius 1 is 1.33 bits per heavy atom. The van der Waals surface area contributed by atoms with E-state index in [9.17, 15) is 9.59 Å². The number of anilines is 1. The molecule has 126 valence electrons. The first-order valence-electron chi connectivity index (χ1n) is 7.81. The van der Waals surface area contributed by atoms with Gasteiger partial charge in [-0.25, -0.2) is 4.98 Å². The van der Waals surface area contributed by atoms with E-state index in [-0.39, 0.29) is 17.7 Å². The van der Waals surface area contributed by atoms with Crippen molar-refractivity contribution < 1.29 is 9.59 Å². The molecule has 7 heteroatoms. The van der Waals surface area contributed by atoms with Gasteiger partial charge < -0.3 is 10.2 Å². The van der Waals surface area contributed by atoms with Gasteiger partial charge in [0, 0.05) is 34.7 Å². The summed E-state index contributed by atoms with van der Waals surface area (Å²) in [5, 5.41) is 4.06. The highest BCUT2D eigenvalue weighted by Gasteiger charge is 2.29. The average Bonchev–Trinajstić information content (AvgIpc) is 3.00. The van der Waals surface area contributed by atoms with Crippen LogP contribution in [0, 0.1) is 12.8 Å². The molecule has 0 radical (unpaired) electrons. The number of nitrogens with zero attached hydrogens (tertiary/aromatic N) is 2. The lowest BCUT2D eigenvalue weighted by molar-refractivity contribution is -0.121. The number of benzene rings is 1. The van der Waals surface area contributed by atoms with Gasteiger partial charge in [-0.1, -0.05) is 11.6 Å². The monoisotopic (exact) mass is 363 g/mol. The lowest BCUT2D eigenvalue weighted by atomic mass is 9.96. The number of nitrogens with one attached hydrogen (secondary N) is 1. The fourth-order valence-electron chi connectivity index (χ4n) is 2.77. The number of piperidine rings is 1. The van der Waals surface area contributed by atoms with Crippen molar-refractivity contribution >= 4 is 39.9 Å². The van der Waals surface area contributed by atoms with Crippen molar-refractivity contribution in [2.75, 3.05) is 18.4 Å². The molecule has 1 aromatic heterocycles. The second kappa shape index (κ2) is 7.32. The average molecular weight is 364 g/mol. The van der Waals surface area contributed by atoms with Crippen molar-refractivity contribution in [3.05, 3.63) is 45.9 Å². The Morgan fingerprint density at radius 2 is 2.08 bits per heavy atom. The van der Waals surface area contributed by atoms with Crippen LogP contribution in [0.1, 0.15) is 28.1 Å². The van der Waals surface area contributed by atoms with Crippen LogP contribution < -0.4 is 5.32 Å². The second-order valence-electron chi connectivity index (χ2n) is 5.86. The Hall–Kier alpha value is -1.92. The number of aromatic nitrogens is 1. The molecule has 2 heterocycles. The summed E-state index contributed by atoms with van der Waals surface area (Å²) in [5.41, 5.74) is 0.594.